The zero-order chi connectivity index (χ0) is 17.2. The van der Waals surface area contributed by atoms with Gasteiger partial charge < -0.3 is 4.74 Å². The highest BCUT2D eigenvalue weighted by molar-refractivity contribution is 8.12. The number of hydrogen-bond donors (Lipinski definition) is 2. The molecule has 0 aliphatic rings. The summed E-state index contributed by atoms with van der Waals surface area (Å²) in [7, 11) is 0. The molecule has 0 fully saturated rings. The number of nitrogens with zero attached hydrogens (tertiary/aromatic N) is 1. The molecular formula is C17H15N3O3S. The van der Waals surface area contributed by atoms with Crippen molar-refractivity contribution in [3.63, 3.8) is 0 Å². The molecule has 2 N–H and O–H groups in total. The van der Waals surface area contributed by atoms with Crippen molar-refractivity contribution in [3.8, 4) is 6.07 Å². The maximum atomic E-state index is 11.6. The van der Waals surface area contributed by atoms with E-state index in [1.165, 1.54) is 0 Å². The normalized spacial score (nSPS) is 9.62. The van der Waals surface area contributed by atoms with E-state index in [-0.39, 0.29) is 11.8 Å². The van der Waals surface area contributed by atoms with Gasteiger partial charge in [0.2, 0.25) is 0 Å². The summed E-state index contributed by atoms with van der Waals surface area (Å²) in [5.74, 6) is 0.509. The molecule has 0 radical (unpaired) electrons. The molecule has 0 saturated carbocycles. The Labute approximate surface area is 143 Å². The molecule has 0 unspecified atom stereocenters. The van der Waals surface area contributed by atoms with Crippen LogP contribution in [0.15, 0.2) is 54.6 Å². The maximum absolute atomic E-state index is 11.6. The van der Waals surface area contributed by atoms with Crippen molar-refractivity contribution >= 4 is 23.1 Å². The summed E-state index contributed by atoms with van der Waals surface area (Å²) < 4.78 is 4.96. The number of benzene rings is 2. The molecule has 0 heterocycles. The molecule has 2 amide bonds. The highest BCUT2D eigenvalue weighted by Crippen LogP contribution is 2.11. The highest BCUT2D eigenvalue weighted by atomic mass is 32.2. The van der Waals surface area contributed by atoms with Crippen LogP contribution >= 0.6 is 11.8 Å². The van der Waals surface area contributed by atoms with Gasteiger partial charge in [-0.05, 0) is 23.3 Å². The van der Waals surface area contributed by atoms with Crippen LogP contribution in [0.5, 0.6) is 0 Å². The number of amides is 2. The Balaban J connectivity index is 1.65. The largest absolute Gasteiger partial charge is 0.443 e. The fraction of sp³-hybridized carbons (Fsp3) is 0.118. The molecule has 7 heteroatoms. The molecule has 0 bridgehead atoms. The smallest absolute Gasteiger partial charge is 0.426 e. The minimum Gasteiger partial charge on any atom is -0.443 e. The van der Waals surface area contributed by atoms with E-state index in [0.29, 0.717) is 11.3 Å². The Morgan fingerprint density at radius 3 is 2.38 bits per heavy atom. The van der Waals surface area contributed by atoms with Crippen molar-refractivity contribution in [1.82, 2.24) is 10.9 Å². The van der Waals surface area contributed by atoms with Crippen LogP contribution in [0.4, 0.5) is 9.59 Å². The molecule has 0 aliphatic carbocycles. The Bertz CT molecular complexity index is 727. The molecule has 2 aromatic carbocycles. The van der Waals surface area contributed by atoms with Crippen LogP contribution < -0.4 is 10.9 Å². The van der Waals surface area contributed by atoms with Crippen LogP contribution in [0.1, 0.15) is 16.7 Å². The minimum atomic E-state index is -0.756. The van der Waals surface area contributed by atoms with Crippen LogP contribution in [0.2, 0.25) is 0 Å². The van der Waals surface area contributed by atoms with E-state index < -0.39 is 6.09 Å². The van der Waals surface area contributed by atoms with Gasteiger partial charge >= 0.3 is 6.09 Å². The molecule has 6 nitrogen and oxygen atoms in total. The van der Waals surface area contributed by atoms with E-state index >= 15 is 0 Å². The van der Waals surface area contributed by atoms with Gasteiger partial charge in [-0.25, -0.2) is 10.2 Å². The number of hydrogen-bond acceptors (Lipinski definition) is 5. The molecule has 0 aliphatic heterocycles. The second-order valence-corrected chi connectivity index (χ2v) is 5.64. The van der Waals surface area contributed by atoms with E-state index in [1.54, 1.807) is 24.3 Å². The van der Waals surface area contributed by atoms with Crippen LogP contribution in [0.3, 0.4) is 0 Å². The topological polar surface area (TPSA) is 91.2 Å². The van der Waals surface area contributed by atoms with Crippen LogP contribution in [0.25, 0.3) is 0 Å². The van der Waals surface area contributed by atoms with Gasteiger partial charge in [0.25, 0.3) is 5.24 Å². The fourth-order valence-electron chi connectivity index (χ4n) is 1.72. The van der Waals surface area contributed by atoms with E-state index in [1.807, 2.05) is 36.4 Å². The van der Waals surface area contributed by atoms with E-state index in [0.717, 1.165) is 22.9 Å². The number of rotatable bonds is 4. The lowest BCUT2D eigenvalue weighted by Crippen LogP contribution is -2.40. The van der Waals surface area contributed by atoms with Crippen molar-refractivity contribution < 1.29 is 14.3 Å². The molecule has 0 spiro atoms. The number of carbonyl (C=O) groups excluding carboxylic acids is 2. The van der Waals surface area contributed by atoms with Crippen LogP contribution in [-0.2, 0) is 17.1 Å². The van der Waals surface area contributed by atoms with Gasteiger partial charge in [-0.3, -0.25) is 10.2 Å². The van der Waals surface area contributed by atoms with Gasteiger partial charge in [0.05, 0.1) is 11.6 Å². The average molecular weight is 341 g/mol. The second-order valence-electron chi connectivity index (χ2n) is 4.70. The first-order chi connectivity index (χ1) is 11.7. The number of nitrogens with one attached hydrogen (secondary N) is 2. The predicted octanol–water partition coefficient (Wildman–Crippen LogP) is 3.34. The van der Waals surface area contributed by atoms with Crippen LogP contribution in [-0.4, -0.2) is 11.3 Å². The molecular weight excluding hydrogens is 326 g/mol. The molecule has 24 heavy (non-hydrogen) atoms. The monoisotopic (exact) mass is 341 g/mol. The summed E-state index contributed by atoms with van der Waals surface area (Å²) in [6.45, 7) is 0.0462. The molecule has 2 rings (SSSR count). The van der Waals surface area contributed by atoms with E-state index in [2.05, 4.69) is 10.9 Å². The highest BCUT2D eigenvalue weighted by Gasteiger charge is 2.06. The Kier molecular flexibility index (Phi) is 6.68. The van der Waals surface area contributed by atoms with Gasteiger partial charge in [0.1, 0.15) is 6.61 Å². The van der Waals surface area contributed by atoms with Crippen molar-refractivity contribution in [2.45, 2.75) is 12.4 Å². The Morgan fingerprint density at radius 2 is 1.71 bits per heavy atom. The van der Waals surface area contributed by atoms with Crippen molar-refractivity contribution in [1.29, 1.82) is 5.26 Å². The first-order valence-corrected chi connectivity index (χ1v) is 8.04. The Hall–Kier alpha value is -2.98. The van der Waals surface area contributed by atoms with Gasteiger partial charge in [-0.15, -0.1) is 0 Å². The van der Waals surface area contributed by atoms with Crippen molar-refractivity contribution in [2.75, 3.05) is 0 Å². The summed E-state index contributed by atoms with van der Waals surface area (Å²) in [5.41, 5.74) is 6.73. The SMILES string of the molecule is N#Cc1ccc(COC(=O)NNC(=O)SCc2ccccc2)cc1. The lowest BCUT2D eigenvalue weighted by Gasteiger charge is -2.08. The number of thioether (sulfide) groups is 1. The van der Waals surface area contributed by atoms with Gasteiger partial charge in [0.15, 0.2) is 0 Å². The molecule has 2 aromatic rings. The number of nitriles is 1. The summed E-state index contributed by atoms with van der Waals surface area (Å²) in [4.78, 5) is 23.1. The lowest BCUT2D eigenvalue weighted by molar-refractivity contribution is 0.136. The molecule has 122 valence electrons. The number of carbonyl (C=O) groups is 2. The quantitative estimate of drug-likeness (QED) is 0.832. The first-order valence-electron chi connectivity index (χ1n) is 7.06. The van der Waals surface area contributed by atoms with Gasteiger partial charge in [-0.2, -0.15) is 5.26 Å². The lowest BCUT2D eigenvalue weighted by atomic mass is 10.2. The zero-order valence-electron chi connectivity index (χ0n) is 12.7. The third-order valence-corrected chi connectivity index (χ3v) is 3.77. The summed E-state index contributed by atoms with van der Waals surface area (Å²) in [5, 5.41) is 8.32. The summed E-state index contributed by atoms with van der Waals surface area (Å²) in [6, 6.07) is 18.2. The first kappa shape index (κ1) is 17.4. The van der Waals surface area contributed by atoms with Crippen molar-refractivity contribution in [2.24, 2.45) is 0 Å². The Morgan fingerprint density at radius 1 is 1.00 bits per heavy atom. The molecule has 0 aromatic heterocycles. The van der Waals surface area contributed by atoms with Gasteiger partial charge in [-0.1, -0.05) is 54.2 Å². The number of ether oxygens (including phenoxy) is 1. The third-order valence-electron chi connectivity index (χ3n) is 2.93. The summed E-state index contributed by atoms with van der Waals surface area (Å²) in [6.07, 6.45) is -0.756. The molecule has 0 atom stereocenters. The molecule has 0 saturated heterocycles. The standard InChI is InChI=1S/C17H15N3O3S/c18-10-13-6-8-14(9-7-13)11-23-16(21)19-20-17(22)24-12-15-4-2-1-3-5-15/h1-9H,11-12H2,(H,19,21)(H,20,22). The van der Waals surface area contributed by atoms with Gasteiger partial charge in [0, 0.05) is 5.75 Å². The van der Waals surface area contributed by atoms with Crippen molar-refractivity contribution in [3.05, 3.63) is 71.3 Å². The van der Waals surface area contributed by atoms with E-state index in [9.17, 15) is 9.59 Å². The minimum absolute atomic E-state index is 0.0462. The van der Waals surface area contributed by atoms with Crippen LogP contribution in [0, 0.1) is 11.3 Å². The van der Waals surface area contributed by atoms with E-state index in [4.69, 9.17) is 10.00 Å². The second kappa shape index (κ2) is 9.22. The third kappa shape index (κ3) is 6.02. The maximum Gasteiger partial charge on any atom is 0.426 e. The average Bonchev–Trinajstić information content (AvgIpc) is 2.64. The fourth-order valence-corrected chi connectivity index (χ4v) is 2.34. The zero-order valence-corrected chi connectivity index (χ0v) is 13.5. The summed E-state index contributed by atoms with van der Waals surface area (Å²) >= 11 is 1.04. The number of hydrazine groups is 1. The predicted molar refractivity (Wildman–Crippen MR) is 90.7 cm³/mol.